The van der Waals surface area contributed by atoms with Crippen LogP contribution in [-0.4, -0.2) is 30.3 Å². The van der Waals surface area contributed by atoms with Crippen molar-refractivity contribution in [3.05, 3.63) is 29.8 Å². The summed E-state index contributed by atoms with van der Waals surface area (Å²) in [5.41, 5.74) is -0.398. The van der Waals surface area contributed by atoms with Crippen LogP contribution in [0.1, 0.15) is 42.5 Å². The van der Waals surface area contributed by atoms with E-state index in [1.807, 2.05) is 18.4 Å². The fraction of sp³-hybridized carbons (Fsp3) is 0.471. The van der Waals surface area contributed by atoms with Gasteiger partial charge in [-0.2, -0.15) is 5.26 Å². The summed E-state index contributed by atoms with van der Waals surface area (Å²) in [6.45, 7) is -0.369. The van der Waals surface area contributed by atoms with Crippen molar-refractivity contribution in [2.24, 2.45) is 0 Å². The van der Waals surface area contributed by atoms with Crippen molar-refractivity contribution in [3.63, 3.8) is 0 Å². The van der Waals surface area contributed by atoms with Gasteiger partial charge in [-0.15, -0.1) is 11.8 Å². The van der Waals surface area contributed by atoms with Gasteiger partial charge in [-0.05, 0) is 43.4 Å². The minimum absolute atomic E-state index is 0.369. The first kappa shape index (κ1) is 17.4. The average Bonchev–Trinajstić information content (AvgIpc) is 2.60. The Kier molecular flexibility index (Phi) is 6.05. The zero-order valence-electron chi connectivity index (χ0n) is 13.1. The lowest BCUT2D eigenvalue weighted by Crippen LogP contribution is -2.50. The molecule has 1 aliphatic rings. The number of nitriles is 1. The first-order valence-corrected chi connectivity index (χ1v) is 8.84. The molecule has 1 aliphatic carbocycles. The van der Waals surface area contributed by atoms with Gasteiger partial charge in [-0.25, -0.2) is 4.79 Å². The molecule has 0 unspecified atom stereocenters. The highest BCUT2D eigenvalue weighted by Crippen LogP contribution is 2.27. The number of hydrogen-bond donors (Lipinski definition) is 1. The van der Waals surface area contributed by atoms with Gasteiger partial charge >= 0.3 is 5.97 Å². The van der Waals surface area contributed by atoms with Crippen molar-refractivity contribution in [2.75, 3.05) is 12.9 Å². The number of nitrogens with one attached hydrogen (secondary N) is 1. The lowest BCUT2D eigenvalue weighted by molar-refractivity contribution is -0.125. The van der Waals surface area contributed by atoms with Crippen molar-refractivity contribution in [3.8, 4) is 6.07 Å². The highest BCUT2D eigenvalue weighted by molar-refractivity contribution is 7.98. The highest BCUT2D eigenvalue weighted by Gasteiger charge is 2.33. The molecule has 0 saturated heterocycles. The van der Waals surface area contributed by atoms with E-state index in [0.717, 1.165) is 24.2 Å². The molecule has 0 aromatic heterocycles. The first-order valence-electron chi connectivity index (χ1n) is 7.62. The average molecular weight is 332 g/mol. The number of nitrogens with zero attached hydrogens (tertiary/aromatic N) is 1. The molecule has 1 saturated carbocycles. The van der Waals surface area contributed by atoms with Gasteiger partial charge in [-0.1, -0.05) is 19.3 Å². The van der Waals surface area contributed by atoms with Crippen LogP contribution in [-0.2, 0) is 9.53 Å². The number of carbonyl (C=O) groups is 2. The zero-order valence-corrected chi connectivity index (χ0v) is 13.9. The number of hydrogen-bond acceptors (Lipinski definition) is 5. The van der Waals surface area contributed by atoms with E-state index >= 15 is 0 Å². The number of benzene rings is 1. The normalized spacial score (nSPS) is 16.2. The van der Waals surface area contributed by atoms with Crippen molar-refractivity contribution >= 4 is 23.6 Å². The monoisotopic (exact) mass is 332 g/mol. The lowest BCUT2D eigenvalue weighted by atomic mass is 9.83. The van der Waals surface area contributed by atoms with E-state index in [0.29, 0.717) is 18.4 Å². The second kappa shape index (κ2) is 8.02. The third-order valence-corrected chi connectivity index (χ3v) is 4.70. The van der Waals surface area contributed by atoms with Crippen LogP contribution in [0.3, 0.4) is 0 Å². The van der Waals surface area contributed by atoms with E-state index < -0.39 is 17.4 Å². The van der Waals surface area contributed by atoms with Crippen LogP contribution in [0.15, 0.2) is 29.2 Å². The Morgan fingerprint density at radius 2 is 1.91 bits per heavy atom. The summed E-state index contributed by atoms with van der Waals surface area (Å²) in [4.78, 5) is 24.9. The zero-order chi connectivity index (χ0) is 16.7. The van der Waals surface area contributed by atoms with E-state index in [1.165, 1.54) is 0 Å². The molecule has 0 heterocycles. The summed E-state index contributed by atoms with van der Waals surface area (Å²) in [5, 5.41) is 12.0. The van der Waals surface area contributed by atoms with Crippen LogP contribution in [0.25, 0.3) is 0 Å². The molecule has 1 fully saturated rings. The second-order valence-electron chi connectivity index (χ2n) is 5.61. The molecule has 1 aromatic rings. The smallest absolute Gasteiger partial charge is 0.338 e. The Labute approximate surface area is 140 Å². The summed E-state index contributed by atoms with van der Waals surface area (Å²) in [6, 6.07) is 9.20. The largest absolute Gasteiger partial charge is 0.452 e. The maximum absolute atomic E-state index is 12.0. The molecule has 122 valence electrons. The van der Waals surface area contributed by atoms with E-state index in [1.54, 1.807) is 23.9 Å². The number of carbonyl (C=O) groups excluding carboxylic acids is 2. The van der Waals surface area contributed by atoms with Crippen LogP contribution in [0.5, 0.6) is 0 Å². The van der Waals surface area contributed by atoms with Crippen molar-refractivity contribution in [1.29, 1.82) is 5.26 Å². The third-order valence-electron chi connectivity index (χ3n) is 3.96. The minimum Gasteiger partial charge on any atom is -0.452 e. The molecule has 0 bridgehead atoms. The summed E-state index contributed by atoms with van der Waals surface area (Å²) >= 11 is 1.58. The van der Waals surface area contributed by atoms with Gasteiger partial charge in [0.15, 0.2) is 6.61 Å². The van der Waals surface area contributed by atoms with Crippen molar-refractivity contribution in [1.82, 2.24) is 5.32 Å². The summed E-state index contributed by atoms with van der Waals surface area (Å²) in [7, 11) is 0. The van der Waals surface area contributed by atoms with Gasteiger partial charge < -0.3 is 10.1 Å². The molecular weight excluding hydrogens is 312 g/mol. The molecule has 1 amide bonds. The Hall–Kier alpha value is -2.00. The minimum atomic E-state index is -0.804. The van der Waals surface area contributed by atoms with Gasteiger partial charge in [0, 0.05) is 4.90 Å². The van der Waals surface area contributed by atoms with E-state index in [-0.39, 0.29) is 6.61 Å². The SMILES string of the molecule is CSc1ccc(C(=O)OCC(=O)NC2(C#N)CCCCC2)cc1. The predicted molar refractivity (Wildman–Crippen MR) is 88.1 cm³/mol. The van der Waals surface area contributed by atoms with Crippen LogP contribution in [0, 0.1) is 11.3 Å². The second-order valence-corrected chi connectivity index (χ2v) is 6.49. The van der Waals surface area contributed by atoms with Crippen LogP contribution >= 0.6 is 11.8 Å². The predicted octanol–water partition coefficient (Wildman–Crippen LogP) is 2.91. The van der Waals surface area contributed by atoms with Gasteiger partial charge in [0.05, 0.1) is 11.6 Å². The number of amides is 1. The first-order chi connectivity index (χ1) is 11.1. The van der Waals surface area contributed by atoms with Gasteiger partial charge in [0.2, 0.25) is 0 Å². The number of thioether (sulfide) groups is 1. The Balaban J connectivity index is 1.85. The Morgan fingerprint density at radius 3 is 2.48 bits per heavy atom. The van der Waals surface area contributed by atoms with E-state index in [9.17, 15) is 14.9 Å². The molecule has 0 atom stereocenters. The molecule has 0 aliphatic heterocycles. The van der Waals surface area contributed by atoms with E-state index in [2.05, 4.69) is 11.4 Å². The maximum Gasteiger partial charge on any atom is 0.338 e. The highest BCUT2D eigenvalue weighted by atomic mass is 32.2. The fourth-order valence-electron chi connectivity index (χ4n) is 2.66. The van der Waals surface area contributed by atoms with Crippen LogP contribution < -0.4 is 5.32 Å². The molecule has 0 radical (unpaired) electrons. The van der Waals surface area contributed by atoms with Gasteiger partial charge in [0.25, 0.3) is 5.91 Å². The molecule has 1 N–H and O–H groups in total. The number of ether oxygens (including phenoxy) is 1. The summed E-state index contributed by atoms with van der Waals surface area (Å²) in [6.07, 6.45) is 6.19. The Morgan fingerprint density at radius 1 is 1.26 bits per heavy atom. The van der Waals surface area contributed by atoms with Crippen molar-refractivity contribution < 1.29 is 14.3 Å². The molecule has 6 heteroatoms. The molecule has 23 heavy (non-hydrogen) atoms. The van der Waals surface area contributed by atoms with Gasteiger partial charge in [0.1, 0.15) is 5.54 Å². The molecule has 1 aromatic carbocycles. The number of rotatable bonds is 5. The maximum atomic E-state index is 12.0. The van der Waals surface area contributed by atoms with Gasteiger partial charge in [-0.3, -0.25) is 4.79 Å². The molecule has 5 nitrogen and oxygen atoms in total. The summed E-state index contributed by atoms with van der Waals surface area (Å²) < 4.78 is 5.03. The molecule has 2 rings (SSSR count). The quantitative estimate of drug-likeness (QED) is 0.662. The van der Waals surface area contributed by atoms with E-state index in [4.69, 9.17) is 4.74 Å². The number of esters is 1. The van der Waals surface area contributed by atoms with Crippen LogP contribution in [0.2, 0.25) is 0 Å². The fourth-order valence-corrected chi connectivity index (χ4v) is 3.07. The van der Waals surface area contributed by atoms with Crippen molar-refractivity contribution in [2.45, 2.75) is 42.5 Å². The van der Waals surface area contributed by atoms with Crippen LogP contribution in [0.4, 0.5) is 0 Å². The molecular formula is C17H20N2O3S. The lowest BCUT2D eigenvalue weighted by Gasteiger charge is -2.31. The topological polar surface area (TPSA) is 79.2 Å². The summed E-state index contributed by atoms with van der Waals surface area (Å²) in [5.74, 6) is -0.968. The molecule has 0 spiro atoms. The standard InChI is InChI=1S/C17H20N2O3S/c1-23-14-7-5-13(6-8-14)16(21)22-11-15(20)19-17(12-18)9-3-2-4-10-17/h5-8H,2-4,9-11H2,1H3,(H,19,20). The Bertz CT molecular complexity index is 601. The third kappa shape index (κ3) is 4.73.